The molecule has 2 fully saturated rings. The van der Waals surface area contributed by atoms with Crippen LogP contribution in [0.1, 0.15) is 35.8 Å². The standard InChI is InChI=1S/C21H18N2O4S2/c24-21-22-20-19(29-21)17(16-11-1-2-12(9-11)18(16)28-20)15-8-7-14(27-15)10-3-5-13(6-4-10)23(25)26/h3-8,11-12,16-18H,1-2,9H2,(H,22,24)/t11-,12-,16-,17-,18-/m1/s1. The molecule has 8 heteroatoms. The van der Waals surface area contributed by atoms with E-state index in [1.165, 1.54) is 42.7 Å². The first-order chi connectivity index (χ1) is 14.1. The molecule has 0 saturated heterocycles. The number of nitro groups is 1. The monoisotopic (exact) mass is 426 g/mol. The predicted molar refractivity (Wildman–Crippen MR) is 112 cm³/mol. The van der Waals surface area contributed by atoms with Crippen molar-refractivity contribution >= 4 is 28.8 Å². The Morgan fingerprint density at radius 2 is 1.90 bits per heavy atom. The van der Waals surface area contributed by atoms with E-state index in [1.54, 1.807) is 12.1 Å². The smallest absolute Gasteiger partial charge is 0.305 e. The number of H-pyrrole nitrogens is 1. The number of thiazole rings is 1. The van der Waals surface area contributed by atoms with Crippen LogP contribution in [0.25, 0.3) is 11.3 Å². The van der Waals surface area contributed by atoms with Crippen molar-refractivity contribution in [2.45, 2.75) is 35.5 Å². The summed E-state index contributed by atoms with van der Waals surface area (Å²) in [6, 6.07) is 10.4. The van der Waals surface area contributed by atoms with E-state index in [9.17, 15) is 14.9 Å². The van der Waals surface area contributed by atoms with Crippen molar-refractivity contribution in [3.8, 4) is 11.3 Å². The molecule has 3 aliphatic rings. The molecule has 2 bridgehead atoms. The minimum absolute atomic E-state index is 0.00182. The number of thioether (sulfide) groups is 1. The van der Waals surface area contributed by atoms with Crippen LogP contribution in [0.15, 0.2) is 50.6 Å². The lowest BCUT2D eigenvalue weighted by molar-refractivity contribution is -0.384. The maximum Gasteiger partial charge on any atom is 0.305 e. The van der Waals surface area contributed by atoms with Gasteiger partial charge in [0.25, 0.3) is 5.69 Å². The lowest BCUT2D eigenvalue weighted by atomic mass is 9.77. The minimum atomic E-state index is -0.401. The van der Waals surface area contributed by atoms with Gasteiger partial charge < -0.3 is 9.40 Å². The van der Waals surface area contributed by atoms with E-state index in [2.05, 4.69) is 4.98 Å². The summed E-state index contributed by atoms with van der Waals surface area (Å²) in [7, 11) is 0. The molecule has 6 rings (SSSR count). The maximum atomic E-state index is 12.1. The van der Waals surface area contributed by atoms with Gasteiger partial charge >= 0.3 is 4.87 Å². The highest BCUT2D eigenvalue weighted by atomic mass is 32.2. The summed E-state index contributed by atoms with van der Waals surface area (Å²) in [6.07, 6.45) is 3.85. The molecule has 0 radical (unpaired) electrons. The van der Waals surface area contributed by atoms with Gasteiger partial charge in [0.05, 0.1) is 20.7 Å². The van der Waals surface area contributed by atoms with Crippen LogP contribution >= 0.6 is 23.1 Å². The number of nitro benzene ring substituents is 1. The number of fused-ring (bicyclic) bond motifs is 6. The largest absolute Gasteiger partial charge is 0.460 e. The summed E-state index contributed by atoms with van der Waals surface area (Å²) in [5.41, 5.74) is 0.885. The molecule has 0 amide bonds. The van der Waals surface area contributed by atoms with Crippen molar-refractivity contribution in [1.82, 2.24) is 4.98 Å². The first kappa shape index (κ1) is 17.5. The predicted octanol–water partition coefficient (Wildman–Crippen LogP) is 5.26. The number of hydrogen-bond acceptors (Lipinski definition) is 6. The molecule has 5 atom stereocenters. The highest BCUT2D eigenvalue weighted by Gasteiger charge is 2.55. The Morgan fingerprint density at radius 1 is 1.10 bits per heavy atom. The summed E-state index contributed by atoms with van der Waals surface area (Å²) in [6.45, 7) is 0. The van der Waals surface area contributed by atoms with Gasteiger partial charge in [0, 0.05) is 22.9 Å². The third-order valence-electron chi connectivity index (χ3n) is 6.76. The summed E-state index contributed by atoms with van der Waals surface area (Å²) in [4.78, 5) is 26.8. The van der Waals surface area contributed by atoms with Crippen molar-refractivity contribution in [3.63, 3.8) is 0 Å². The van der Waals surface area contributed by atoms with Gasteiger partial charge in [0.15, 0.2) is 0 Å². The number of furan rings is 1. The Hall–Kier alpha value is -2.32. The summed E-state index contributed by atoms with van der Waals surface area (Å²) in [5, 5.41) is 12.5. The number of nitrogens with zero attached hydrogens (tertiary/aromatic N) is 1. The number of hydrogen-bond donors (Lipinski definition) is 1. The zero-order valence-electron chi connectivity index (χ0n) is 15.4. The molecule has 2 aliphatic carbocycles. The molecule has 2 aromatic heterocycles. The Bertz CT molecular complexity index is 1160. The number of aromatic amines is 1. The topological polar surface area (TPSA) is 89.1 Å². The molecule has 0 unspecified atom stereocenters. The minimum Gasteiger partial charge on any atom is -0.460 e. The Balaban J connectivity index is 1.41. The summed E-state index contributed by atoms with van der Waals surface area (Å²) in [5.74, 6) is 3.66. The highest BCUT2D eigenvalue weighted by Crippen LogP contribution is 2.63. The van der Waals surface area contributed by atoms with Crippen LogP contribution in [0.3, 0.4) is 0 Å². The molecular weight excluding hydrogens is 408 g/mol. The zero-order valence-corrected chi connectivity index (χ0v) is 17.0. The first-order valence-corrected chi connectivity index (χ1v) is 11.5. The van der Waals surface area contributed by atoms with Gasteiger partial charge in [-0.25, -0.2) is 0 Å². The lowest BCUT2D eigenvalue weighted by Gasteiger charge is -2.38. The Labute approximate surface area is 174 Å². The maximum absolute atomic E-state index is 12.1. The van der Waals surface area contributed by atoms with E-state index >= 15 is 0 Å². The molecule has 148 valence electrons. The Morgan fingerprint density at radius 3 is 2.69 bits per heavy atom. The molecule has 29 heavy (non-hydrogen) atoms. The Kier molecular flexibility index (Phi) is 3.83. The van der Waals surface area contributed by atoms with Crippen LogP contribution in [-0.2, 0) is 0 Å². The highest BCUT2D eigenvalue weighted by molar-refractivity contribution is 8.00. The van der Waals surface area contributed by atoms with E-state index in [4.69, 9.17) is 4.42 Å². The number of rotatable bonds is 3. The fourth-order valence-electron chi connectivity index (χ4n) is 5.59. The number of nitrogens with one attached hydrogen (secondary N) is 1. The molecule has 1 aliphatic heterocycles. The van der Waals surface area contributed by atoms with E-state index < -0.39 is 4.92 Å². The average molecular weight is 427 g/mol. The van der Waals surface area contributed by atoms with Crippen LogP contribution in [0.2, 0.25) is 0 Å². The van der Waals surface area contributed by atoms with Crippen molar-refractivity contribution < 1.29 is 9.34 Å². The number of aromatic nitrogens is 1. The quantitative estimate of drug-likeness (QED) is 0.456. The van der Waals surface area contributed by atoms with Crippen LogP contribution in [0.4, 0.5) is 5.69 Å². The van der Waals surface area contributed by atoms with Gasteiger partial charge in [0.1, 0.15) is 11.5 Å². The van der Waals surface area contributed by atoms with Gasteiger partial charge in [-0.1, -0.05) is 11.3 Å². The fraction of sp³-hybridized carbons (Fsp3) is 0.381. The third-order valence-corrected chi connectivity index (χ3v) is 9.38. The third kappa shape index (κ3) is 2.65. The molecule has 6 nitrogen and oxygen atoms in total. The van der Waals surface area contributed by atoms with Gasteiger partial charge in [-0.05, 0) is 61.3 Å². The van der Waals surface area contributed by atoms with Crippen molar-refractivity contribution in [3.05, 3.63) is 66.8 Å². The molecule has 2 saturated carbocycles. The lowest BCUT2D eigenvalue weighted by Crippen LogP contribution is -2.33. The molecule has 3 aromatic rings. The van der Waals surface area contributed by atoms with Gasteiger partial charge in [-0.3, -0.25) is 14.9 Å². The molecule has 1 aromatic carbocycles. The fourth-order valence-corrected chi connectivity index (χ4v) is 8.46. The number of benzene rings is 1. The van der Waals surface area contributed by atoms with Gasteiger partial charge in [-0.2, -0.15) is 0 Å². The van der Waals surface area contributed by atoms with Gasteiger partial charge in [-0.15, -0.1) is 11.8 Å². The molecule has 1 N–H and O–H groups in total. The molecule has 0 spiro atoms. The normalized spacial score (nSPS) is 29.6. The van der Waals surface area contributed by atoms with Crippen LogP contribution in [0.5, 0.6) is 0 Å². The van der Waals surface area contributed by atoms with Crippen molar-refractivity contribution in [2.24, 2.45) is 17.8 Å². The number of non-ortho nitro benzene ring substituents is 1. The molecular formula is C21H18N2O4S2. The SMILES string of the molecule is O=c1[nH]c2c(s1)[C@H](c1ccc(-c3ccc([N+](=O)[O-])cc3)o1)[C@H]1[C@@H]3CC[C@H](C3)[C@H]1S2. The van der Waals surface area contributed by atoms with E-state index in [1.807, 2.05) is 23.9 Å². The second-order valence-corrected chi connectivity index (χ2v) is 10.4. The van der Waals surface area contributed by atoms with Crippen LogP contribution in [-0.4, -0.2) is 15.2 Å². The zero-order chi connectivity index (χ0) is 19.7. The second kappa shape index (κ2) is 6.34. The van der Waals surface area contributed by atoms with Crippen molar-refractivity contribution in [2.75, 3.05) is 0 Å². The van der Waals surface area contributed by atoms with E-state index in [0.29, 0.717) is 22.8 Å². The summed E-state index contributed by atoms with van der Waals surface area (Å²) < 4.78 is 6.30. The molecule has 3 heterocycles. The van der Waals surface area contributed by atoms with Gasteiger partial charge in [0.2, 0.25) is 0 Å². The first-order valence-electron chi connectivity index (χ1n) is 9.82. The van der Waals surface area contributed by atoms with Crippen LogP contribution < -0.4 is 4.87 Å². The average Bonchev–Trinajstić information content (AvgIpc) is 3.49. The van der Waals surface area contributed by atoms with E-state index in [0.717, 1.165) is 27.1 Å². The van der Waals surface area contributed by atoms with Crippen molar-refractivity contribution in [1.29, 1.82) is 0 Å². The van der Waals surface area contributed by atoms with E-state index in [-0.39, 0.29) is 16.5 Å². The second-order valence-electron chi connectivity index (χ2n) is 8.18. The summed E-state index contributed by atoms with van der Waals surface area (Å²) >= 11 is 3.18. The van der Waals surface area contributed by atoms with Crippen LogP contribution in [0, 0.1) is 27.9 Å².